The summed E-state index contributed by atoms with van der Waals surface area (Å²) in [7, 11) is -3.20. The number of nitrogens with zero attached hydrogens (tertiary/aromatic N) is 1. The molecule has 0 aliphatic heterocycles. The highest BCUT2D eigenvalue weighted by molar-refractivity contribution is 7.90. The Kier molecular flexibility index (Phi) is 2.43. The SMILES string of the molecule is CS(=O)(=O)c1cccc(-c2[nH]ncc2N)c1. The van der Waals surface area contributed by atoms with Crippen molar-refractivity contribution in [3.8, 4) is 11.3 Å². The average molecular weight is 237 g/mol. The van der Waals surface area contributed by atoms with E-state index in [1.165, 1.54) is 12.5 Å². The highest BCUT2D eigenvalue weighted by atomic mass is 32.2. The van der Waals surface area contributed by atoms with E-state index in [0.717, 1.165) is 0 Å². The summed E-state index contributed by atoms with van der Waals surface area (Å²) < 4.78 is 22.8. The Balaban J connectivity index is 2.57. The van der Waals surface area contributed by atoms with E-state index in [0.29, 0.717) is 16.9 Å². The molecule has 6 heteroatoms. The minimum atomic E-state index is -3.20. The monoisotopic (exact) mass is 237 g/mol. The fourth-order valence-corrected chi connectivity index (χ4v) is 2.08. The lowest BCUT2D eigenvalue weighted by Crippen LogP contribution is -1.97. The second kappa shape index (κ2) is 3.64. The van der Waals surface area contributed by atoms with Crippen LogP contribution in [0.15, 0.2) is 35.4 Å². The molecule has 0 bridgehead atoms. The van der Waals surface area contributed by atoms with Crippen LogP contribution in [-0.4, -0.2) is 24.9 Å². The molecule has 0 amide bonds. The van der Waals surface area contributed by atoms with Gasteiger partial charge in [-0.15, -0.1) is 0 Å². The molecule has 16 heavy (non-hydrogen) atoms. The minimum absolute atomic E-state index is 0.263. The number of hydrogen-bond acceptors (Lipinski definition) is 4. The van der Waals surface area contributed by atoms with E-state index in [2.05, 4.69) is 10.2 Å². The lowest BCUT2D eigenvalue weighted by Gasteiger charge is -2.02. The van der Waals surface area contributed by atoms with Crippen molar-refractivity contribution in [2.45, 2.75) is 4.90 Å². The summed E-state index contributed by atoms with van der Waals surface area (Å²) in [5.74, 6) is 0. The standard InChI is InChI=1S/C10H11N3O2S/c1-16(14,15)8-4-2-3-7(5-8)10-9(11)6-12-13-10/h2-6H,11H2,1H3,(H,12,13). The first-order chi connectivity index (χ1) is 7.48. The van der Waals surface area contributed by atoms with Crippen molar-refractivity contribution in [2.75, 3.05) is 12.0 Å². The molecule has 3 N–H and O–H groups in total. The van der Waals surface area contributed by atoms with Crippen molar-refractivity contribution in [2.24, 2.45) is 0 Å². The van der Waals surface area contributed by atoms with Crippen molar-refractivity contribution < 1.29 is 8.42 Å². The zero-order valence-corrected chi connectivity index (χ0v) is 9.45. The van der Waals surface area contributed by atoms with E-state index < -0.39 is 9.84 Å². The highest BCUT2D eigenvalue weighted by Crippen LogP contribution is 2.24. The van der Waals surface area contributed by atoms with Gasteiger partial charge in [0.25, 0.3) is 0 Å². The summed E-state index contributed by atoms with van der Waals surface area (Å²) in [5, 5.41) is 6.52. The lowest BCUT2D eigenvalue weighted by molar-refractivity contribution is 0.602. The zero-order valence-electron chi connectivity index (χ0n) is 8.64. The second-order valence-electron chi connectivity index (χ2n) is 3.50. The first-order valence-electron chi connectivity index (χ1n) is 4.58. The van der Waals surface area contributed by atoms with Crippen LogP contribution in [0.1, 0.15) is 0 Å². The van der Waals surface area contributed by atoms with Gasteiger partial charge in [-0.3, -0.25) is 5.10 Å². The number of hydrogen-bond donors (Lipinski definition) is 2. The predicted molar refractivity (Wildman–Crippen MR) is 61.5 cm³/mol. The molecule has 84 valence electrons. The van der Waals surface area contributed by atoms with E-state index in [4.69, 9.17) is 5.73 Å². The number of nitrogens with two attached hydrogens (primary N) is 1. The fraction of sp³-hybridized carbons (Fsp3) is 0.100. The van der Waals surface area contributed by atoms with Crippen LogP contribution >= 0.6 is 0 Å². The van der Waals surface area contributed by atoms with Crippen LogP contribution in [0, 0.1) is 0 Å². The van der Waals surface area contributed by atoms with Gasteiger partial charge in [-0.1, -0.05) is 12.1 Å². The molecule has 5 nitrogen and oxygen atoms in total. The summed E-state index contributed by atoms with van der Waals surface area (Å²) in [4.78, 5) is 0.263. The number of nitrogen functional groups attached to an aromatic ring is 1. The van der Waals surface area contributed by atoms with Gasteiger partial charge in [-0.25, -0.2) is 8.42 Å². The average Bonchev–Trinajstić information content (AvgIpc) is 2.63. The Morgan fingerprint density at radius 2 is 2.12 bits per heavy atom. The maximum absolute atomic E-state index is 11.4. The smallest absolute Gasteiger partial charge is 0.175 e. The Labute approximate surface area is 93.2 Å². The van der Waals surface area contributed by atoms with Crippen molar-refractivity contribution in [3.63, 3.8) is 0 Å². The molecule has 0 saturated heterocycles. The Hall–Kier alpha value is -1.82. The van der Waals surface area contributed by atoms with E-state index in [1.807, 2.05) is 0 Å². The van der Waals surface area contributed by atoms with Crippen molar-refractivity contribution >= 4 is 15.5 Å². The molecule has 2 rings (SSSR count). The molecule has 0 spiro atoms. The number of sulfone groups is 1. The van der Waals surface area contributed by atoms with Gasteiger partial charge < -0.3 is 5.73 Å². The Morgan fingerprint density at radius 1 is 1.38 bits per heavy atom. The molecular weight excluding hydrogens is 226 g/mol. The predicted octanol–water partition coefficient (Wildman–Crippen LogP) is 1.06. The molecule has 2 aromatic rings. The number of H-pyrrole nitrogens is 1. The van der Waals surface area contributed by atoms with Gasteiger partial charge in [-0.05, 0) is 12.1 Å². The maximum atomic E-state index is 11.4. The quantitative estimate of drug-likeness (QED) is 0.817. The highest BCUT2D eigenvalue weighted by Gasteiger charge is 2.10. The third kappa shape index (κ3) is 1.92. The van der Waals surface area contributed by atoms with Crippen molar-refractivity contribution in [1.82, 2.24) is 10.2 Å². The molecular formula is C10H11N3O2S. The number of aromatic nitrogens is 2. The van der Waals surface area contributed by atoms with Gasteiger partial charge in [0.05, 0.1) is 22.5 Å². The molecule has 1 heterocycles. The second-order valence-corrected chi connectivity index (χ2v) is 5.52. The van der Waals surface area contributed by atoms with Crippen LogP contribution in [0.2, 0.25) is 0 Å². The first-order valence-corrected chi connectivity index (χ1v) is 6.47. The normalized spacial score (nSPS) is 11.6. The lowest BCUT2D eigenvalue weighted by atomic mass is 10.1. The van der Waals surface area contributed by atoms with Gasteiger partial charge >= 0.3 is 0 Å². The minimum Gasteiger partial charge on any atom is -0.396 e. The van der Waals surface area contributed by atoms with Crippen LogP contribution in [-0.2, 0) is 9.84 Å². The summed E-state index contributed by atoms with van der Waals surface area (Å²) in [5.41, 5.74) is 7.52. The van der Waals surface area contributed by atoms with Crippen molar-refractivity contribution in [3.05, 3.63) is 30.5 Å². The first kappa shape index (κ1) is 10.7. The van der Waals surface area contributed by atoms with E-state index in [1.54, 1.807) is 24.3 Å². The van der Waals surface area contributed by atoms with Crippen LogP contribution < -0.4 is 5.73 Å². The Bertz CT molecular complexity index is 616. The number of nitrogens with one attached hydrogen (secondary N) is 1. The van der Waals surface area contributed by atoms with E-state index >= 15 is 0 Å². The maximum Gasteiger partial charge on any atom is 0.175 e. The molecule has 0 aliphatic carbocycles. The molecule has 1 aromatic carbocycles. The van der Waals surface area contributed by atoms with Crippen LogP contribution in [0.4, 0.5) is 5.69 Å². The topological polar surface area (TPSA) is 88.8 Å². The van der Waals surface area contributed by atoms with E-state index in [9.17, 15) is 8.42 Å². The molecule has 1 aromatic heterocycles. The Morgan fingerprint density at radius 3 is 2.69 bits per heavy atom. The summed E-state index contributed by atoms with van der Waals surface area (Å²) in [6, 6.07) is 6.56. The molecule has 0 radical (unpaired) electrons. The van der Waals surface area contributed by atoms with Crippen LogP contribution in [0.3, 0.4) is 0 Å². The molecule has 0 saturated carbocycles. The molecule has 0 aliphatic rings. The van der Waals surface area contributed by atoms with Crippen LogP contribution in [0.25, 0.3) is 11.3 Å². The van der Waals surface area contributed by atoms with Gasteiger partial charge in [0.15, 0.2) is 9.84 Å². The molecule has 0 fully saturated rings. The van der Waals surface area contributed by atoms with Crippen LogP contribution in [0.5, 0.6) is 0 Å². The third-order valence-electron chi connectivity index (χ3n) is 2.22. The number of rotatable bonds is 2. The van der Waals surface area contributed by atoms with Gasteiger partial charge in [-0.2, -0.15) is 5.10 Å². The number of benzene rings is 1. The van der Waals surface area contributed by atoms with Gasteiger partial charge in [0, 0.05) is 11.8 Å². The number of anilines is 1. The molecule has 0 atom stereocenters. The van der Waals surface area contributed by atoms with E-state index in [-0.39, 0.29) is 4.90 Å². The van der Waals surface area contributed by atoms with Gasteiger partial charge in [0.1, 0.15) is 0 Å². The summed E-state index contributed by atoms with van der Waals surface area (Å²) >= 11 is 0. The fourth-order valence-electron chi connectivity index (χ4n) is 1.41. The summed E-state index contributed by atoms with van der Waals surface area (Å²) in [6.07, 6.45) is 2.66. The molecule has 0 unspecified atom stereocenters. The summed E-state index contributed by atoms with van der Waals surface area (Å²) in [6.45, 7) is 0. The third-order valence-corrected chi connectivity index (χ3v) is 3.33. The largest absolute Gasteiger partial charge is 0.396 e. The van der Waals surface area contributed by atoms with Crippen molar-refractivity contribution in [1.29, 1.82) is 0 Å². The van der Waals surface area contributed by atoms with Gasteiger partial charge in [0.2, 0.25) is 0 Å². The zero-order chi connectivity index (χ0) is 11.8. The number of aromatic amines is 1.